The van der Waals surface area contributed by atoms with Crippen molar-refractivity contribution in [3.63, 3.8) is 0 Å². The van der Waals surface area contributed by atoms with E-state index in [1.54, 1.807) is 19.1 Å². The molecule has 0 radical (unpaired) electrons. The van der Waals surface area contributed by atoms with Crippen molar-refractivity contribution < 1.29 is 34.2 Å². The molecule has 12 nitrogen and oxygen atoms in total. The molecule has 0 bridgehead atoms. The van der Waals surface area contributed by atoms with Crippen molar-refractivity contribution in [1.82, 2.24) is 25.5 Å². The van der Waals surface area contributed by atoms with Gasteiger partial charge in [0.2, 0.25) is 17.7 Å². The lowest BCUT2D eigenvalue weighted by Gasteiger charge is -2.47. The van der Waals surface area contributed by atoms with Crippen LogP contribution in [0.25, 0.3) is 0 Å². The minimum Gasteiger partial charge on any atom is -0.394 e. The Morgan fingerprint density at radius 3 is 2.49 bits per heavy atom. The molecule has 13 atom stereocenters. The smallest absolute Gasteiger partial charge is 0.240 e. The number of aliphatic hydroxyl groups excluding tert-OH is 2. The molecular formula is C39H69N5O7. The lowest BCUT2D eigenvalue weighted by molar-refractivity contribution is -0.192. The summed E-state index contributed by atoms with van der Waals surface area (Å²) in [6.45, 7) is 8.44. The molecule has 6 unspecified atom stereocenters. The molecule has 12 heteroatoms. The van der Waals surface area contributed by atoms with Crippen LogP contribution in [0.2, 0.25) is 0 Å². The average Bonchev–Trinajstić information content (AvgIpc) is 3.70. The lowest BCUT2D eigenvalue weighted by Crippen LogP contribution is -2.55. The molecule has 2 heterocycles. The number of carbonyl (C=O) groups excluding carboxylic acids is 3. The van der Waals surface area contributed by atoms with Crippen molar-refractivity contribution in [2.45, 2.75) is 134 Å². The predicted molar refractivity (Wildman–Crippen MR) is 195 cm³/mol. The number of hydrogen-bond acceptors (Lipinski definition) is 9. The minimum absolute atomic E-state index is 0.0731. The van der Waals surface area contributed by atoms with Gasteiger partial charge in [0.1, 0.15) is 12.1 Å². The van der Waals surface area contributed by atoms with Crippen molar-refractivity contribution in [2.75, 3.05) is 54.0 Å². The Morgan fingerprint density at radius 1 is 1.06 bits per heavy atom. The fourth-order valence-corrected chi connectivity index (χ4v) is 10.4. The molecule has 5 aliphatic rings. The van der Waals surface area contributed by atoms with Crippen molar-refractivity contribution in [2.24, 2.45) is 41.4 Å². The molecule has 3 saturated carbocycles. The second-order valence-corrected chi connectivity index (χ2v) is 17.0. The number of aliphatic hydroxyl groups is 2. The van der Waals surface area contributed by atoms with E-state index in [9.17, 15) is 24.6 Å². The maximum Gasteiger partial charge on any atom is 0.240 e. The Morgan fingerprint density at radius 2 is 1.82 bits per heavy atom. The number of ether oxygens (including phenoxy) is 1. The van der Waals surface area contributed by atoms with Crippen molar-refractivity contribution in [1.29, 1.82) is 0 Å². The molecule has 3 aliphatic carbocycles. The van der Waals surface area contributed by atoms with Gasteiger partial charge in [0.25, 0.3) is 0 Å². The fourth-order valence-electron chi connectivity index (χ4n) is 10.4. The number of methoxy groups -OCH3 is 1. The SMILES string of the molecule is COC1C(CN2O[C@@H](CO)[C@@H]([C@H](C)O)[C@H]2C(=O)N[C@H]2CCC[C@H](C)[C@@H]2C)CCCC1C1CC(C(=O)NCCCN2CCCC2=O)CC(N(C)C)C1. The van der Waals surface area contributed by atoms with Crippen LogP contribution in [0.15, 0.2) is 0 Å². The van der Waals surface area contributed by atoms with Crippen LogP contribution in [-0.2, 0) is 24.0 Å². The van der Waals surface area contributed by atoms with Crippen LogP contribution in [0.4, 0.5) is 0 Å². The second kappa shape index (κ2) is 18.5. The Labute approximate surface area is 306 Å². The van der Waals surface area contributed by atoms with E-state index in [2.05, 4.69) is 43.5 Å². The van der Waals surface area contributed by atoms with E-state index in [1.165, 1.54) is 6.42 Å². The lowest BCUT2D eigenvalue weighted by atomic mass is 9.65. The van der Waals surface area contributed by atoms with Gasteiger partial charge in [-0.3, -0.25) is 19.2 Å². The van der Waals surface area contributed by atoms with E-state index in [-0.39, 0.29) is 60.3 Å². The zero-order chi connectivity index (χ0) is 36.8. The molecule has 0 aromatic rings. The first-order chi connectivity index (χ1) is 24.4. The third kappa shape index (κ3) is 9.65. The third-order valence-corrected chi connectivity index (χ3v) is 13.6. The van der Waals surface area contributed by atoms with E-state index < -0.39 is 24.2 Å². The number of amides is 3. The highest BCUT2D eigenvalue weighted by molar-refractivity contribution is 5.83. The maximum atomic E-state index is 14.1. The standard InChI is InChI=1S/C39H69N5O7/c1-24-11-7-14-32(25(24)2)41-39(49)36-35(26(3)46)33(23-45)51-44(36)22-27-12-8-13-31(37(27)50-6)28-19-29(21-30(20-28)42(4)5)38(48)40-16-10-18-43-17-9-15-34(43)47/h24-33,35-37,45-46H,7-23H2,1-6H3,(H,40,48)(H,41,49)/t24-,25-,26-,27?,28?,29?,30?,31?,32-,33-,35+,36-,37?/m0/s1. The highest BCUT2D eigenvalue weighted by atomic mass is 16.7. The summed E-state index contributed by atoms with van der Waals surface area (Å²) in [5.74, 6) is 1.11. The summed E-state index contributed by atoms with van der Waals surface area (Å²) in [5.41, 5.74) is 0. The summed E-state index contributed by atoms with van der Waals surface area (Å²) in [6, 6.07) is -0.349. The van der Waals surface area contributed by atoms with Crippen LogP contribution in [-0.4, -0.2) is 133 Å². The van der Waals surface area contributed by atoms with Gasteiger partial charge in [0.05, 0.1) is 18.8 Å². The van der Waals surface area contributed by atoms with E-state index in [0.717, 1.165) is 70.8 Å². The summed E-state index contributed by atoms with van der Waals surface area (Å²) in [6.07, 6.45) is 9.57. The number of hydrogen-bond donors (Lipinski definition) is 4. The maximum absolute atomic E-state index is 14.1. The quantitative estimate of drug-likeness (QED) is 0.199. The minimum atomic E-state index is -0.834. The summed E-state index contributed by atoms with van der Waals surface area (Å²) in [4.78, 5) is 50.2. The van der Waals surface area contributed by atoms with E-state index in [0.29, 0.717) is 43.8 Å². The summed E-state index contributed by atoms with van der Waals surface area (Å²) in [7, 11) is 5.99. The Hall–Kier alpha value is -1.83. The Kier molecular flexibility index (Phi) is 14.6. The molecule has 0 aromatic heterocycles. The molecule has 0 spiro atoms. The van der Waals surface area contributed by atoms with Gasteiger partial charge < -0.3 is 35.4 Å². The predicted octanol–water partition coefficient (Wildman–Crippen LogP) is 2.81. The van der Waals surface area contributed by atoms with E-state index >= 15 is 0 Å². The summed E-state index contributed by atoms with van der Waals surface area (Å²) < 4.78 is 6.35. The van der Waals surface area contributed by atoms with Crippen LogP contribution >= 0.6 is 0 Å². The molecule has 0 aromatic carbocycles. The van der Waals surface area contributed by atoms with E-state index in [4.69, 9.17) is 9.57 Å². The first-order valence-electron chi connectivity index (χ1n) is 20.2. The van der Waals surface area contributed by atoms with Crippen LogP contribution in [0.3, 0.4) is 0 Å². The molecule has 2 aliphatic heterocycles. The van der Waals surface area contributed by atoms with Crippen molar-refractivity contribution in [3.05, 3.63) is 0 Å². The molecule has 5 fully saturated rings. The Balaban J connectivity index is 1.26. The van der Waals surface area contributed by atoms with E-state index in [1.807, 2.05) is 4.90 Å². The molecule has 292 valence electrons. The number of likely N-dealkylation sites (tertiary alicyclic amines) is 1. The summed E-state index contributed by atoms with van der Waals surface area (Å²) >= 11 is 0. The van der Waals surface area contributed by atoms with Crippen LogP contribution in [0.1, 0.15) is 97.8 Å². The van der Waals surface area contributed by atoms with Gasteiger partial charge in [-0.1, -0.05) is 33.1 Å². The number of rotatable bonds is 14. The van der Waals surface area contributed by atoms with Gasteiger partial charge in [-0.05, 0) is 96.1 Å². The Bertz CT molecular complexity index is 1160. The third-order valence-electron chi connectivity index (χ3n) is 13.6. The van der Waals surface area contributed by atoms with Gasteiger partial charge >= 0.3 is 0 Å². The first-order valence-corrected chi connectivity index (χ1v) is 20.2. The highest BCUT2D eigenvalue weighted by Crippen LogP contribution is 2.45. The number of hydroxylamine groups is 2. The van der Waals surface area contributed by atoms with Gasteiger partial charge in [-0.25, -0.2) is 0 Å². The number of carbonyl (C=O) groups is 3. The molecule has 3 amide bonds. The molecular weight excluding hydrogens is 650 g/mol. The topological polar surface area (TPSA) is 144 Å². The van der Waals surface area contributed by atoms with Crippen LogP contribution in [0.5, 0.6) is 0 Å². The van der Waals surface area contributed by atoms with Crippen molar-refractivity contribution >= 4 is 17.7 Å². The number of nitrogens with one attached hydrogen (secondary N) is 2. The molecule has 4 N–H and O–H groups in total. The largest absolute Gasteiger partial charge is 0.394 e. The average molecular weight is 720 g/mol. The van der Waals surface area contributed by atoms with Gasteiger partial charge in [0, 0.05) is 69.5 Å². The van der Waals surface area contributed by atoms with Crippen LogP contribution < -0.4 is 10.6 Å². The fraction of sp³-hybridized carbons (Fsp3) is 0.923. The zero-order valence-electron chi connectivity index (χ0n) is 32.3. The van der Waals surface area contributed by atoms with Crippen LogP contribution in [0, 0.1) is 41.4 Å². The van der Waals surface area contributed by atoms with Crippen molar-refractivity contribution in [3.8, 4) is 0 Å². The second-order valence-electron chi connectivity index (χ2n) is 17.0. The van der Waals surface area contributed by atoms with Gasteiger partial charge in [-0.2, -0.15) is 5.06 Å². The van der Waals surface area contributed by atoms with Gasteiger partial charge in [-0.15, -0.1) is 0 Å². The summed E-state index contributed by atoms with van der Waals surface area (Å²) in [5, 5.41) is 29.5. The molecule has 5 rings (SSSR count). The first kappa shape index (κ1) is 40.4. The molecule has 2 saturated heterocycles. The van der Waals surface area contributed by atoms with Gasteiger partial charge in [0.15, 0.2) is 0 Å². The zero-order valence-corrected chi connectivity index (χ0v) is 32.3. The monoisotopic (exact) mass is 720 g/mol. The highest BCUT2D eigenvalue weighted by Gasteiger charge is 2.52. The number of nitrogens with zero attached hydrogens (tertiary/aromatic N) is 3. The molecule has 51 heavy (non-hydrogen) atoms. The normalized spacial score (nSPS) is 38.6.